The Labute approximate surface area is 205 Å². The lowest BCUT2D eigenvalue weighted by Crippen LogP contribution is -2.28. The minimum Gasteiger partial charge on any atom is -0.494 e. The molecule has 0 spiro atoms. The molecule has 1 fully saturated rings. The second-order valence-corrected chi connectivity index (χ2v) is 9.45. The number of aromatic nitrogens is 2. The summed E-state index contributed by atoms with van der Waals surface area (Å²) < 4.78 is 25.3. The van der Waals surface area contributed by atoms with Crippen LogP contribution in [0.4, 0.5) is 4.39 Å². The van der Waals surface area contributed by atoms with E-state index in [-0.39, 0.29) is 18.1 Å². The summed E-state index contributed by atoms with van der Waals surface area (Å²) in [7, 11) is 1.35. The van der Waals surface area contributed by atoms with Crippen molar-refractivity contribution in [1.82, 2.24) is 19.7 Å². The molecule has 0 atom stereocenters. The maximum absolute atomic E-state index is 13.6. The molecule has 8 nitrogen and oxygen atoms in total. The first-order valence-electron chi connectivity index (χ1n) is 11.0. The number of nitrogens with one attached hydrogen (secondary N) is 2. The zero-order chi connectivity index (χ0) is 24.1. The van der Waals surface area contributed by atoms with Gasteiger partial charge in [-0.3, -0.25) is 9.59 Å². The van der Waals surface area contributed by atoms with Gasteiger partial charge in [-0.15, -0.1) is 11.3 Å². The summed E-state index contributed by atoms with van der Waals surface area (Å²) in [6, 6.07) is 4.18. The summed E-state index contributed by atoms with van der Waals surface area (Å²) >= 11 is 7.44. The van der Waals surface area contributed by atoms with Crippen molar-refractivity contribution < 1.29 is 18.7 Å². The normalized spacial score (nSPS) is 14.4. The lowest BCUT2D eigenvalue weighted by Gasteiger charge is -2.22. The molecule has 1 aliphatic rings. The largest absolute Gasteiger partial charge is 0.494 e. The highest BCUT2D eigenvalue weighted by molar-refractivity contribution is 7.16. The second-order valence-electron chi connectivity index (χ2n) is 8.18. The monoisotopic (exact) mass is 508 g/mol. The molecule has 3 heterocycles. The van der Waals surface area contributed by atoms with Crippen LogP contribution in [0.1, 0.15) is 41.0 Å². The molecule has 0 unspecified atom stereocenters. The Morgan fingerprint density at radius 2 is 2.15 bits per heavy atom. The van der Waals surface area contributed by atoms with Crippen molar-refractivity contribution in [2.75, 3.05) is 26.8 Å². The van der Waals surface area contributed by atoms with E-state index in [2.05, 4.69) is 15.3 Å². The van der Waals surface area contributed by atoms with Crippen LogP contribution in [0.15, 0.2) is 28.4 Å². The number of rotatable bonds is 9. The molecule has 1 amide bonds. The molecule has 1 aliphatic heterocycles. The molecule has 0 aliphatic carbocycles. The van der Waals surface area contributed by atoms with E-state index in [1.165, 1.54) is 36.6 Å². The maximum Gasteiger partial charge on any atom is 0.304 e. The highest BCUT2D eigenvalue weighted by Crippen LogP contribution is 2.24. The summed E-state index contributed by atoms with van der Waals surface area (Å²) in [5.41, 5.74) is 0.893. The fourth-order valence-electron chi connectivity index (χ4n) is 3.97. The molecule has 0 radical (unpaired) electrons. The number of methoxy groups -OCH3 is 1. The number of ether oxygens (including phenoxy) is 2. The molecular formula is C23H26ClFN4O4S. The van der Waals surface area contributed by atoms with Gasteiger partial charge >= 0.3 is 5.91 Å². The Hall–Kier alpha value is -2.53. The predicted molar refractivity (Wildman–Crippen MR) is 129 cm³/mol. The third kappa shape index (κ3) is 5.75. The maximum atomic E-state index is 13.6. The van der Waals surface area contributed by atoms with Crippen LogP contribution < -0.4 is 15.6 Å². The molecule has 4 rings (SSSR count). The van der Waals surface area contributed by atoms with E-state index in [1.807, 2.05) is 5.38 Å². The summed E-state index contributed by atoms with van der Waals surface area (Å²) in [6.07, 6.45) is 3.33. The number of carbonyl (C=O) groups excluding carboxylic acids is 1. The van der Waals surface area contributed by atoms with E-state index in [4.69, 9.17) is 21.3 Å². The first-order valence-corrected chi connectivity index (χ1v) is 12.3. The molecule has 1 saturated heterocycles. The average molecular weight is 509 g/mol. The van der Waals surface area contributed by atoms with E-state index in [1.54, 1.807) is 0 Å². The number of halogens is 2. The van der Waals surface area contributed by atoms with Gasteiger partial charge in [-0.05, 0) is 61.3 Å². The molecule has 34 heavy (non-hydrogen) atoms. The van der Waals surface area contributed by atoms with Crippen molar-refractivity contribution in [3.05, 3.63) is 56.7 Å². The topological polar surface area (TPSA) is 96.5 Å². The van der Waals surface area contributed by atoms with E-state index < -0.39 is 17.3 Å². The Morgan fingerprint density at radius 1 is 1.35 bits per heavy atom. The van der Waals surface area contributed by atoms with Crippen molar-refractivity contribution in [1.29, 1.82) is 0 Å². The third-order valence-electron chi connectivity index (χ3n) is 5.87. The number of fused-ring (bicyclic) bond motifs is 1. The van der Waals surface area contributed by atoms with Crippen LogP contribution in [0.5, 0.6) is 5.75 Å². The first kappa shape index (κ1) is 24.6. The Balaban J connectivity index is 1.40. The number of piperidine rings is 1. The molecular weight excluding hydrogens is 483 g/mol. The molecule has 2 aromatic heterocycles. The summed E-state index contributed by atoms with van der Waals surface area (Å²) in [6.45, 7) is 3.04. The molecule has 2 N–H and O–H groups in total. The van der Waals surface area contributed by atoms with Crippen molar-refractivity contribution in [2.45, 2.75) is 32.4 Å². The van der Waals surface area contributed by atoms with Gasteiger partial charge in [-0.1, -0.05) is 6.07 Å². The van der Waals surface area contributed by atoms with E-state index >= 15 is 0 Å². The second kappa shape index (κ2) is 11.3. The van der Waals surface area contributed by atoms with Gasteiger partial charge in [0.05, 0.1) is 25.6 Å². The summed E-state index contributed by atoms with van der Waals surface area (Å²) in [5.74, 6) is -0.626. The number of amides is 1. The number of benzene rings is 1. The van der Waals surface area contributed by atoms with Gasteiger partial charge in [0.15, 0.2) is 11.6 Å². The van der Waals surface area contributed by atoms with Crippen LogP contribution in [0, 0.1) is 11.7 Å². The molecule has 182 valence electrons. The van der Waals surface area contributed by atoms with Crippen molar-refractivity contribution in [2.24, 2.45) is 5.92 Å². The Kier molecular flexibility index (Phi) is 8.15. The van der Waals surface area contributed by atoms with Gasteiger partial charge in [-0.2, -0.15) is 0 Å². The number of nitrogens with zero attached hydrogens (tertiary/aromatic N) is 2. The minimum atomic E-state index is -0.669. The highest BCUT2D eigenvalue weighted by atomic mass is 35.5. The minimum absolute atomic E-state index is 0.0284. The van der Waals surface area contributed by atoms with Crippen LogP contribution in [-0.4, -0.2) is 47.1 Å². The average Bonchev–Trinajstić information content (AvgIpc) is 3.26. The van der Waals surface area contributed by atoms with E-state index in [0.29, 0.717) is 34.9 Å². The number of aromatic amines is 1. The van der Waals surface area contributed by atoms with Gasteiger partial charge in [-0.25, -0.2) is 13.8 Å². The fourth-order valence-corrected chi connectivity index (χ4v) is 5.11. The first-order chi connectivity index (χ1) is 16.5. The number of carbonyl (C=O) groups is 1. The van der Waals surface area contributed by atoms with Gasteiger partial charge in [0.2, 0.25) is 5.82 Å². The predicted octanol–water partition coefficient (Wildman–Crippen LogP) is 3.83. The van der Waals surface area contributed by atoms with Crippen LogP contribution in [0.25, 0.3) is 10.2 Å². The number of thiophene rings is 1. The third-order valence-corrected chi connectivity index (χ3v) is 7.06. The van der Waals surface area contributed by atoms with Gasteiger partial charge < -0.3 is 19.8 Å². The van der Waals surface area contributed by atoms with Crippen molar-refractivity contribution in [3.8, 4) is 5.75 Å². The van der Waals surface area contributed by atoms with Crippen molar-refractivity contribution in [3.63, 3.8) is 0 Å². The smallest absolute Gasteiger partial charge is 0.304 e. The number of H-pyrrole nitrogens is 1. The molecule has 3 aromatic rings. The summed E-state index contributed by atoms with van der Waals surface area (Å²) in [5, 5.41) is 5.61. The van der Waals surface area contributed by atoms with Crippen molar-refractivity contribution >= 4 is 39.2 Å². The quantitative estimate of drug-likeness (QED) is 0.337. The number of hydrogen-bond acceptors (Lipinski definition) is 7. The van der Waals surface area contributed by atoms with Crippen LogP contribution >= 0.6 is 23.1 Å². The molecule has 11 heteroatoms. The summed E-state index contributed by atoms with van der Waals surface area (Å²) in [4.78, 5) is 32.8. The Morgan fingerprint density at radius 3 is 2.91 bits per heavy atom. The highest BCUT2D eigenvalue weighted by Gasteiger charge is 2.21. The zero-order valence-electron chi connectivity index (χ0n) is 18.7. The fraction of sp³-hybridized carbons (Fsp3) is 0.435. The van der Waals surface area contributed by atoms with Crippen LogP contribution in [0.3, 0.4) is 0 Å². The van der Waals surface area contributed by atoms with Gasteiger partial charge in [0.25, 0.3) is 5.56 Å². The molecule has 1 aromatic carbocycles. The standard InChI is InChI=1S/C23H26ClFN4O4S/c1-32-18-10-15(2-3-17(18)25)11-29(24)23(31)20-27-21(30)19-16(13-34-22(19)28-20)12-33-9-6-14-4-7-26-8-5-14/h2-3,10,13-14,26H,4-9,11-12H2,1H3,(H,27,28,30). The molecule has 0 bridgehead atoms. The zero-order valence-corrected chi connectivity index (χ0v) is 20.3. The Bertz CT molecular complexity index is 1210. The van der Waals surface area contributed by atoms with Gasteiger partial charge in [0.1, 0.15) is 4.83 Å². The van der Waals surface area contributed by atoms with Gasteiger partial charge in [0, 0.05) is 23.9 Å². The molecule has 0 saturated carbocycles. The van der Waals surface area contributed by atoms with E-state index in [9.17, 15) is 14.0 Å². The van der Waals surface area contributed by atoms with E-state index in [0.717, 1.165) is 42.3 Å². The number of hydrogen-bond donors (Lipinski definition) is 2. The lowest BCUT2D eigenvalue weighted by molar-refractivity contribution is 0.0845. The van der Waals surface area contributed by atoms with Crippen LogP contribution in [0.2, 0.25) is 0 Å². The SMILES string of the molecule is COc1cc(CN(Cl)C(=O)c2nc3scc(COCCC4CCNCC4)c3c(=O)[nH]2)ccc1F. The lowest BCUT2D eigenvalue weighted by atomic mass is 9.95. The van der Waals surface area contributed by atoms with Crippen LogP contribution in [-0.2, 0) is 17.9 Å².